The van der Waals surface area contributed by atoms with E-state index in [2.05, 4.69) is 9.97 Å². The molecule has 0 N–H and O–H groups in total. The van der Waals surface area contributed by atoms with Crippen LogP contribution >= 0.6 is 23.1 Å². The van der Waals surface area contributed by atoms with Crippen molar-refractivity contribution in [1.82, 2.24) is 14.5 Å². The van der Waals surface area contributed by atoms with E-state index in [9.17, 15) is 0 Å². The highest BCUT2D eigenvalue weighted by Gasteiger charge is 2.10. The smallest absolute Gasteiger partial charge is 0.326 e. The van der Waals surface area contributed by atoms with Crippen molar-refractivity contribution in [2.24, 2.45) is 0 Å². The van der Waals surface area contributed by atoms with Crippen LogP contribution in [-0.2, 0) is 0 Å². The fourth-order valence-electron chi connectivity index (χ4n) is 0.795. The van der Waals surface area contributed by atoms with Gasteiger partial charge in [0.15, 0.2) is 4.34 Å². The van der Waals surface area contributed by atoms with Crippen molar-refractivity contribution in [3.63, 3.8) is 0 Å². The van der Waals surface area contributed by atoms with Gasteiger partial charge in [-0.1, -0.05) is 11.8 Å². The summed E-state index contributed by atoms with van der Waals surface area (Å²) in [6.07, 6.45) is 2.03. The second kappa shape index (κ2) is 4.75. The van der Waals surface area contributed by atoms with Gasteiger partial charge in [-0.25, -0.2) is 0 Å². The topological polar surface area (TPSA) is 32.0 Å². The zero-order valence-corrected chi connectivity index (χ0v) is 10.7. The zero-order chi connectivity index (χ0) is 10.7. The van der Waals surface area contributed by atoms with E-state index in [0.717, 1.165) is 15.1 Å². The van der Waals surface area contributed by atoms with Crippen LogP contribution in [-0.4, -0.2) is 44.4 Å². The number of aromatic nitrogens is 2. The molecule has 0 bridgehead atoms. The molecular weight excluding hydrogens is 216 g/mol. The molecule has 0 saturated heterocycles. The first-order chi connectivity index (χ1) is 6.54. The molecule has 6 heteroatoms. The maximum absolute atomic E-state index is 4.43. The predicted molar refractivity (Wildman–Crippen MR) is 63.1 cm³/mol. The maximum atomic E-state index is 4.43. The molecule has 1 aromatic rings. The summed E-state index contributed by atoms with van der Waals surface area (Å²) in [4.78, 5) is 11.7. The van der Waals surface area contributed by atoms with Crippen LogP contribution in [0.2, 0.25) is 0 Å². The lowest BCUT2D eigenvalue weighted by molar-refractivity contribution is 0.788. The number of rotatable bonds is 2. The lowest BCUT2D eigenvalue weighted by Crippen LogP contribution is -2.26. The molecule has 78 valence electrons. The third-order valence-corrected chi connectivity index (χ3v) is 3.62. The van der Waals surface area contributed by atoms with E-state index in [1.165, 1.54) is 0 Å². The normalized spacial score (nSPS) is 10.1. The third-order valence-electron chi connectivity index (χ3n) is 1.52. The molecule has 14 heavy (non-hydrogen) atoms. The maximum Gasteiger partial charge on any atom is 0.383 e. The first kappa shape index (κ1) is 11.5. The molecule has 1 aromatic heterocycles. The summed E-state index contributed by atoms with van der Waals surface area (Å²) in [5.74, 6) is 0.761. The van der Waals surface area contributed by atoms with Gasteiger partial charge in [0, 0.05) is 19.1 Å². The largest absolute Gasteiger partial charge is 0.383 e. The van der Waals surface area contributed by atoms with Gasteiger partial charge in [0.2, 0.25) is 0 Å². The lowest BCUT2D eigenvalue weighted by Gasteiger charge is -2.04. The van der Waals surface area contributed by atoms with E-state index >= 15 is 0 Å². The molecule has 4 nitrogen and oxygen atoms in total. The molecule has 0 atom stereocenters. The molecule has 0 saturated carbocycles. The van der Waals surface area contributed by atoms with E-state index in [4.69, 9.17) is 0 Å². The van der Waals surface area contributed by atoms with Gasteiger partial charge in [-0.2, -0.15) is 4.98 Å². The van der Waals surface area contributed by atoms with E-state index in [-0.39, 0.29) is 0 Å². The quantitative estimate of drug-likeness (QED) is 0.543. The van der Waals surface area contributed by atoms with Crippen molar-refractivity contribution >= 4 is 29.0 Å². The van der Waals surface area contributed by atoms with Crippen molar-refractivity contribution in [2.75, 3.05) is 39.3 Å². The van der Waals surface area contributed by atoms with E-state index in [1.807, 2.05) is 43.9 Å². The van der Waals surface area contributed by atoms with Crippen LogP contribution in [0, 0.1) is 0 Å². The third kappa shape index (κ3) is 2.68. The minimum absolute atomic E-state index is 0.761. The molecule has 0 unspecified atom stereocenters. The Morgan fingerprint density at radius 2 is 1.93 bits per heavy atom. The lowest BCUT2D eigenvalue weighted by atomic mass is 10.8. The Balaban J connectivity index is 3.36. The molecule has 0 aliphatic heterocycles. The van der Waals surface area contributed by atoms with Crippen LogP contribution in [0.15, 0.2) is 4.34 Å². The summed E-state index contributed by atoms with van der Waals surface area (Å²) in [6, 6.07) is 0. The fourth-order valence-corrected chi connectivity index (χ4v) is 2.12. The van der Waals surface area contributed by atoms with Gasteiger partial charge in [-0.15, -0.1) is 0 Å². The summed E-state index contributed by atoms with van der Waals surface area (Å²) in [5, 5.41) is 0. The molecule has 0 aliphatic carbocycles. The summed E-state index contributed by atoms with van der Waals surface area (Å²) < 4.78 is 3.03. The monoisotopic (exact) mass is 231 g/mol. The van der Waals surface area contributed by atoms with E-state index in [1.54, 1.807) is 23.1 Å². The van der Waals surface area contributed by atoms with E-state index in [0.29, 0.717) is 0 Å². The molecule has 0 fully saturated rings. The van der Waals surface area contributed by atoms with Crippen molar-refractivity contribution < 1.29 is 0 Å². The van der Waals surface area contributed by atoms with Crippen molar-refractivity contribution in [2.45, 2.75) is 4.34 Å². The molecule has 0 spiro atoms. The van der Waals surface area contributed by atoms with Gasteiger partial charge in [0.05, 0.1) is 14.1 Å². The van der Waals surface area contributed by atoms with Crippen molar-refractivity contribution in [1.29, 1.82) is 0 Å². The van der Waals surface area contributed by atoms with Gasteiger partial charge in [-0.05, 0) is 17.6 Å². The highest BCUT2D eigenvalue weighted by atomic mass is 32.2. The number of thioether (sulfide) groups is 1. The Morgan fingerprint density at radius 3 is 2.36 bits per heavy atom. The van der Waals surface area contributed by atoms with Gasteiger partial charge < -0.3 is 4.90 Å². The Bertz CT molecular complexity index is 379. The number of hydrogen-bond donors (Lipinski definition) is 0. The van der Waals surface area contributed by atoms with Crippen LogP contribution in [0.3, 0.4) is 0 Å². The van der Waals surface area contributed by atoms with Crippen LogP contribution in [0.5, 0.6) is 0 Å². The highest BCUT2D eigenvalue weighted by molar-refractivity contribution is 8.00. The number of anilines is 1. The van der Waals surface area contributed by atoms with Gasteiger partial charge >= 0.3 is 10.7 Å². The highest BCUT2D eigenvalue weighted by Crippen LogP contribution is 2.15. The molecule has 1 rings (SSSR count). The number of nitrogens with zero attached hydrogens (tertiary/aromatic N) is 4. The Labute approximate surface area is 92.3 Å². The Morgan fingerprint density at radius 1 is 1.29 bits per heavy atom. The van der Waals surface area contributed by atoms with Crippen LogP contribution in [0.4, 0.5) is 5.95 Å². The minimum atomic E-state index is 0.761. The second-order valence-corrected chi connectivity index (χ2v) is 5.18. The molecule has 0 aliphatic rings. The van der Waals surface area contributed by atoms with Gasteiger partial charge in [-0.3, -0.25) is 4.58 Å². The zero-order valence-electron chi connectivity index (χ0n) is 9.11. The Hall–Kier alpha value is -0.620. The molecule has 0 aromatic carbocycles. The SMILES string of the molecule is CSc1nc(N(C)C)nc(=[N+](C)C)s1. The van der Waals surface area contributed by atoms with Crippen LogP contribution < -0.4 is 14.3 Å². The van der Waals surface area contributed by atoms with Crippen molar-refractivity contribution in [3.8, 4) is 0 Å². The predicted octanol–water partition coefficient (Wildman–Crippen LogP) is 0.358. The van der Waals surface area contributed by atoms with Crippen molar-refractivity contribution in [3.05, 3.63) is 4.80 Å². The average molecular weight is 231 g/mol. The molecular formula is C8H15N4S2+. The second-order valence-electron chi connectivity index (χ2n) is 3.17. The molecule has 0 amide bonds. The first-order valence-corrected chi connectivity index (χ1v) is 6.19. The average Bonchev–Trinajstić information content (AvgIpc) is 2.16. The van der Waals surface area contributed by atoms with Crippen LogP contribution in [0.25, 0.3) is 0 Å². The molecule has 0 radical (unpaired) electrons. The summed E-state index contributed by atoms with van der Waals surface area (Å²) in [7, 11) is 7.87. The standard InChI is InChI=1S/C8H15N4S2/c1-11(2)6-9-7(12(3)4)14-8(10-6)13-5/h1-5H3/q+1. The van der Waals surface area contributed by atoms with Gasteiger partial charge in [0.1, 0.15) is 0 Å². The number of hydrogen-bond acceptors (Lipinski definition) is 5. The summed E-state index contributed by atoms with van der Waals surface area (Å²) in [5.41, 5.74) is 0. The summed E-state index contributed by atoms with van der Waals surface area (Å²) >= 11 is 3.25. The van der Waals surface area contributed by atoms with Gasteiger partial charge in [0.25, 0.3) is 0 Å². The summed E-state index contributed by atoms with van der Waals surface area (Å²) in [6.45, 7) is 0. The fraction of sp³-hybridized carbons (Fsp3) is 0.625. The van der Waals surface area contributed by atoms with E-state index < -0.39 is 0 Å². The minimum Gasteiger partial charge on any atom is -0.326 e. The van der Waals surface area contributed by atoms with Crippen LogP contribution in [0.1, 0.15) is 0 Å². The molecule has 1 heterocycles. The Kier molecular flexibility index (Phi) is 3.88. The first-order valence-electron chi connectivity index (χ1n) is 4.15.